The first kappa shape index (κ1) is 16.5. The van der Waals surface area contributed by atoms with Crippen LogP contribution in [-0.4, -0.2) is 23.0 Å². The molecule has 3 rings (SSSR count). The average molecular weight is 325 g/mol. The number of benzene rings is 2. The topological polar surface area (TPSA) is 66.4 Å². The summed E-state index contributed by atoms with van der Waals surface area (Å²) in [5, 5.41) is 14.4. The van der Waals surface area contributed by atoms with Crippen LogP contribution in [0.1, 0.15) is 37.7 Å². The van der Waals surface area contributed by atoms with Gasteiger partial charge in [-0.1, -0.05) is 61.7 Å². The fourth-order valence-electron chi connectivity index (χ4n) is 3.54. The van der Waals surface area contributed by atoms with Crippen molar-refractivity contribution < 1.29 is 14.7 Å². The molecule has 1 saturated carbocycles. The Morgan fingerprint density at radius 2 is 1.75 bits per heavy atom. The van der Waals surface area contributed by atoms with Gasteiger partial charge in [0.25, 0.3) is 0 Å². The van der Waals surface area contributed by atoms with Crippen LogP contribution in [0.2, 0.25) is 0 Å². The van der Waals surface area contributed by atoms with Gasteiger partial charge in [0.05, 0.1) is 0 Å². The zero-order valence-corrected chi connectivity index (χ0v) is 13.7. The van der Waals surface area contributed by atoms with Crippen LogP contribution in [0.25, 0.3) is 10.8 Å². The van der Waals surface area contributed by atoms with Crippen LogP contribution in [0.4, 0.5) is 0 Å². The van der Waals surface area contributed by atoms with Gasteiger partial charge in [-0.15, -0.1) is 0 Å². The Morgan fingerprint density at radius 1 is 1.04 bits per heavy atom. The molecular weight excluding hydrogens is 302 g/mol. The third-order valence-corrected chi connectivity index (χ3v) is 4.89. The summed E-state index contributed by atoms with van der Waals surface area (Å²) in [6.45, 7) is 0. The summed E-state index contributed by atoms with van der Waals surface area (Å²) in [5.41, 5.74) is 0.949. The van der Waals surface area contributed by atoms with E-state index in [1.165, 1.54) is 6.42 Å². The second-order valence-electron chi connectivity index (χ2n) is 6.58. The summed E-state index contributed by atoms with van der Waals surface area (Å²) in [4.78, 5) is 24.0. The summed E-state index contributed by atoms with van der Waals surface area (Å²) in [5.74, 6) is -1.12. The van der Waals surface area contributed by atoms with Crippen molar-refractivity contribution in [2.45, 2.75) is 44.6 Å². The van der Waals surface area contributed by atoms with Crippen LogP contribution in [0.15, 0.2) is 42.5 Å². The molecule has 0 aromatic heterocycles. The Hall–Kier alpha value is -2.36. The molecule has 2 aromatic rings. The van der Waals surface area contributed by atoms with Crippen LogP contribution in [0.3, 0.4) is 0 Å². The van der Waals surface area contributed by atoms with Crippen molar-refractivity contribution in [3.63, 3.8) is 0 Å². The van der Waals surface area contributed by atoms with E-state index < -0.39 is 12.0 Å². The first-order valence-corrected chi connectivity index (χ1v) is 8.65. The largest absolute Gasteiger partial charge is 0.480 e. The minimum atomic E-state index is -0.980. The first-order chi connectivity index (χ1) is 11.6. The molecule has 0 aliphatic heterocycles. The van der Waals surface area contributed by atoms with Gasteiger partial charge in [-0.25, -0.2) is 4.79 Å². The molecule has 4 heteroatoms. The number of rotatable bonds is 5. The number of fused-ring (bicyclic) bond motifs is 1. The summed E-state index contributed by atoms with van der Waals surface area (Å²) < 4.78 is 0. The normalized spacial score (nSPS) is 16.7. The van der Waals surface area contributed by atoms with Gasteiger partial charge in [-0.05, 0) is 29.2 Å². The highest BCUT2D eigenvalue weighted by Gasteiger charge is 2.26. The van der Waals surface area contributed by atoms with Crippen LogP contribution in [-0.2, 0) is 16.0 Å². The lowest BCUT2D eigenvalue weighted by atomic mass is 9.88. The van der Waals surface area contributed by atoms with Gasteiger partial charge in [0, 0.05) is 12.3 Å². The molecule has 0 saturated heterocycles. The monoisotopic (exact) mass is 325 g/mol. The third kappa shape index (κ3) is 3.75. The highest BCUT2D eigenvalue weighted by molar-refractivity contribution is 5.88. The maximum Gasteiger partial charge on any atom is 0.326 e. The van der Waals surface area contributed by atoms with Gasteiger partial charge < -0.3 is 10.4 Å². The lowest BCUT2D eigenvalue weighted by Gasteiger charge is -2.23. The van der Waals surface area contributed by atoms with Gasteiger partial charge in [0.15, 0.2) is 0 Å². The first-order valence-electron chi connectivity index (χ1n) is 8.65. The molecule has 1 fully saturated rings. The molecule has 4 nitrogen and oxygen atoms in total. The van der Waals surface area contributed by atoms with E-state index in [9.17, 15) is 14.7 Å². The number of aliphatic carboxylic acids is 1. The fourth-order valence-corrected chi connectivity index (χ4v) is 3.54. The van der Waals surface area contributed by atoms with Crippen molar-refractivity contribution in [1.29, 1.82) is 0 Å². The lowest BCUT2D eigenvalue weighted by Crippen LogP contribution is -2.45. The highest BCUT2D eigenvalue weighted by Crippen LogP contribution is 2.24. The standard InChI is InChI=1S/C20H23NO3/c22-19(15-8-2-1-3-9-15)21-18(20(23)24)13-16-11-6-10-14-7-4-5-12-17(14)16/h4-7,10-12,15,18H,1-3,8-9,13H2,(H,21,22)(H,23,24)/t18-/m1/s1. The van der Waals surface area contributed by atoms with E-state index in [4.69, 9.17) is 0 Å². The van der Waals surface area contributed by atoms with Crippen LogP contribution in [0.5, 0.6) is 0 Å². The van der Waals surface area contributed by atoms with Crippen molar-refractivity contribution in [2.24, 2.45) is 5.92 Å². The lowest BCUT2D eigenvalue weighted by molar-refractivity contribution is -0.142. The van der Waals surface area contributed by atoms with E-state index >= 15 is 0 Å². The molecule has 0 radical (unpaired) electrons. The van der Waals surface area contributed by atoms with Gasteiger partial charge in [0.1, 0.15) is 6.04 Å². The predicted molar refractivity (Wildman–Crippen MR) is 93.8 cm³/mol. The Bertz CT molecular complexity index is 729. The Balaban J connectivity index is 1.76. The van der Waals surface area contributed by atoms with E-state index in [1.54, 1.807) is 0 Å². The number of hydrogen-bond donors (Lipinski definition) is 2. The van der Waals surface area contributed by atoms with Crippen LogP contribution >= 0.6 is 0 Å². The van der Waals surface area contributed by atoms with Crippen LogP contribution < -0.4 is 5.32 Å². The molecule has 1 aliphatic carbocycles. The minimum Gasteiger partial charge on any atom is -0.480 e. The molecule has 2 N–H and O–H groups in total. The number of carbonyl (C=O) groups is 2. The molecule has 1 aliphatic rings. The number of nitrogens with one attached hydrogen (secondary N) is 1. The van der Waals surface area contributed by atoms with Crippen molar-refractivity contribution in [1.82, 2.24) is 5.32 Å². The van der Waals surface area contributed by atoms with Crippen LogP contribution in [0, 0.1) is 5.92 Å². The quantitative estimate of drug-likeness (QED) is 0.884. The van der Waals surface area contributed by atoms with Crippen molar-refractivity contribution in [2.75, 3.05) is 0 Å². The molecule has 126 valence electrons. The van der Waals surface area contributed by atoms with Gasteiger partial charge >= 0.3 is 5.97 Å². The molecule has 0 bridgehead atoms. The number of hydrogen-bond acceptors (Lipinski definition) is 2. The molecule has 1 atom stereocenters. The third-order valence-electron chi connectivity index (χ3n) is 4.89. The summed E-state index contributed by atoms with van der Waals surface area (Å²) in [6, 6.07) is 12.9. The Morgan fingerprint density at radius 3 is 2.50 bits per heavy atom. The molecule has 0 spiro atoms. The molecule has 1 amide bonds. The zero-order valence-electron chi connectivity index (χ0n) is 13.7. The van der Waals surface area contributed by atoms with Gasteiger partial charge in [0.2, 0.25) is 5.91 Å². The Labute approximate surface area is 141 Å². The number of carboxylic acid groups (broad SMARTS) is 1. The van der Waals surface area contributed by atoms with Crippen molar-refractivity contribution in [3.05, 3.63) is 48.0 Å². The van der Waals surface area contributed by atoms with E-state index in [1.807, 2.05) is 42.5 Å². The molecule has 0 heterocycles. The SMILES string of the molecule is O=C(N[C@H](Cc1cccc2ccccc12)C(=O)O)C1CCCCC1. The number of amides is 1. The number of carbonyl (C=O) groups excluding carboxylic acids is 1. The molecular formula is C20H23NO3. The molecule has 0 unspecified atom stereocenters. The van der Waals surface area contributed by atoms with Crippen molar-refractivity contribution in [3.8, 4) is 0 Å². The van der Waals surface area contributed by atoms with E-state index in [2.05, 4.69) is 5.32 Å². The zero-order chi connectivity index (χ0) is 16.9. The highest BCUT2D eigenvalue weighted by atomic mass is 16.4. The van der Waals surface area contributed by atoms with Crippen molar-refractivity contribution >= 4 is 22.6 Å². The summed E-state index contributed by atoms with van der Waals surface area (Å²) >= 11 is 0. The van der Waals surface area contributed by atoms with Gasteiger partial charge in [-0.2, -0.15) is 0 Å². The maximum atomic E-state index is 12.4. The van der Waals surface area contributed by atoms with Gasteiger partial charge in [-0.3, -0.25) is 4.79 Å². The summed E-state index contributed by atoms with van der Waals surface area (Å²) in [7, 11) is 0. The van der Waals surface area contributed by atoms with E-state index in [-0.39, 0.29) is 11.8 Å². The van der Waals surface area contributed by atoms with E-state index in [0.29, 0.717) is 6.42 Å². The average Bonchev–Trinajstić information content (AvgIpc) is 2.62. The smallest absolute Gasteiger partial charge is 0.326 e. The predicted octanol–water partition coefficient (Wildman–Crippen LogP) is 3.53. The molecule has 2 aromatic carbocycles. The summed E-state index contributed by atoms with van der Waals surface area (Å²) in [6.07, 6.45) is 5.31. The minimum absolute atomic E-state index is 0.0342. The second kappa shape index (κ2) is 7.47. The molecule has 24 heavy (non-hydrogen) atoms. The Kier molecular flexibility index (Phi) is 5.14. The number of carboxylic acids is 1. The second-order valence-corrected chi connectivity index (χ2v) is 6.58. The van der Waals surface area contributed by atoms with E-state index in [0.717, 1.165) is 42.0 Å². The fraction of sp³-hybridized carbons (Fsp3) is 0.400. The maximum absolute atomic E-state index is 12.4.